The maximum absolute atomic E-state index is 11.4. The summed E-state index contributed by atoms with van der Waals surface area (Å²) < 4.78 is 0. The van der Waals surface area contributed by atoms with Gasteiger partial charge in [0.2, 0.25) is 0 Å². The number of hydrogen-bond acceptors (Lipinski definition) is 2. The van der Waals surface area contributed by atoms with Crippen molar-refractivity contribution in [3.63, 3.8) is 0 Å². The van der Waals surface area contributed by atoms with Crippen LogP contribution in [0.3, 0.4) is 0 Å². The molecule has 0 aromatic carbocycles. The summed E-state index contributed by atoms with van der Waals surface area (Å²) in [5.41, 5.74) is -0.806. The summed E-state index contributed by atoms with van der Waals surface area (Å²) in [5.74, 6) is 0.0782. The molecule has 2 unspecified atom stereocenters. The van der Waals surface area contributed by atoms with Gasteiger partial charge in [-0.05, 0) is 31.6 Å². The lowest BCUT2D eigenvalue weighted by Gasteiger charge is -2.34. The SMILES string of the molecule is CCC(NC(C)(CC(C)C)C(=O)O)C(C)C. The minimum absolute atomic E-state index is 0.264. The minimum Gasteiger partial charge on any atom is -0.480 e. The van der Waals surface area contributed by atoms with E-state index in [0.717, 1.165) is 6.42 Å². The summed E-state index contributed by atoms with van der Waals surface area (Å²) >= 11 is 0. The van der Waals surface area contributed by atoms with Gasteiger partial charge in [-0.3, -0.25) is 10.1 Å². The van der Waals surface area contributed by atoms with E-state index in [4.69, 9.17) is 0 Å². The van der Waals surface area contributed by atoms with Crippen molar-refractivity contribution in [2.45, 2.75) is 66.0 Å². The second-order valence-corrected chi connectivity index (χ2v) is 5.64. The zero-order valence-corrected chi connectivity index (χ0v) is 11.5. The number of carboxylic acids is 1. The lowest BCUT2D eigenvalue weighted by molar-refractivity contribution is -0.145. The molecule has 0 saturated carbocycles. The van der Waals surface area contributed by atoms with Gasteiger partial charge in [0, 0.05) is 6.04 Å². The van der Waals surface area contributed by atoms with Gasteiger partial charge in [0.1, 0.15) is 5.54 Å². The standard InChI is InChI=1S/C13H27NO2/c1-7-11(10(4)5)14-13(6,12(15)16)8-9(2)3/h9-11,14H,7-8H2,1-6H3,(H,15,16). The summed E-state index contributed by atoms with van der Waals surface area (Å²) in [7, 11) is 0. The first-order valence-corrected chi connectivity index (χ1v) is 6.24. The normalized spacial score (nSPS) is 17.5. The molecular formula is C13H27NO2. The van der Waals surface area contributed by atoms with E-state index < -0.39 is 11.5 Å². The van der Waals surface area contributed by atoms with E-state index in [9.17, 15) is 9.90 Å². The smallest absolute Gasteiger partial charge is 0.323 e. The van der Waals surface area contributed by atoms with E-state index in [1.807, 2.05) is 0 Å². The largest absolute Gasteiger partial charge is 0.480 e. The van der Waals surface area contributed by atoms with Crippen LogP contribution >= 0.6 is 0 Å². The van der Waals surface area contributed by atoms with Gasteiger partial charge in [0.25, 0.3) is 0 Å². The van der Waals surface area contributed by atoms with E-state index in [1.165, 1.54) is 0 Å². The van der Waals surface area contributed by atoms with Crippen LogP contribution in [0, 0.1) is 11.8 Å². The van der Waals surface area contributed by atoms with Gasteiger partial charge in [-0.2, -0.15) is 0 Å². The van der Waals surface area contributed by atoms with Crippen LogP contribution in [0.15, 0.2) is 0 Å². The first kappa shape index (κ1) is 15.4. The van der Waals surface area contributed by atoms with Crippen LogP contribution in [-0.4, -0.2) is 22.7 Å². The van der Waals surface area contributed by atoms with E-state index >= 15 is 0 Å². The molecule has 2 N–H and O–H groups in total. The molecular weight excluding hydrogens is 202 g/mol. The van der Waals surface area contributed by atoms with Crippen LogP contribution in [-0.2, 0) is 4.79 Å². The topological polar surface area (TPSA) is 49.3 Å². The van der Waals surface area contributed by atoms with E-state index in [2.05, 4.69) is 39.9 Å². The average molecular weight is 229 g/mol. The van der Waals surface area contributed by atoms with Gasteiger partial charge in [0.05, 0.1) is 0 Å². The van der Waals surface area contributed by atoms with E-state index in [1.54, 1.807) is 6.92 Å². The molecule has 2 atom stereocenters. The van der Waals surface area contributed by atoms with Crippen LogP contribution in [0.4, 0.5) is 0 Å². The monoisotopic (exact) mass is 229 g/mol. The molecule has 16 heavy (non-hydrogen) atoms. The predicted molar refractivity (Wildman–Crippen MR) is 67.5 cm³/mol. The number of carboxylic acid groups (broad SMARTS) is 1. The molecule has 96 valence electrons. The Morgan fingerprint density at radius 3 is 2.06 bits per heavy atom. The molecule has 0 aromatic heterocycles. The molecule has 0 saturated heterocycles. The fourth-order valence-electron chi connectivity index (χ4n) is 2.17. The number of nitrogens with one attached hydrogen (secondary N) is 1. The Balaban J connectivity index is 4.72. The van der Waals surface area contributed by atoms with Gasteiger partial charge in [0.15, 0.2) is 0 Å². The Morgan fingerprint density at radius 2 is 1.81 bits per heavy atom. The highest BCUT2D eigenvalue weighted by Gasteiger charge is 2.35. The third-order valence-electron chi connectivity index (χ3n) is 3.04. The first-order chi connectivity index (χ1) is 7.23. The Bertz CT molecular complexity index is 226. The van der Waals surface area contributed by atoms with Gasteiger partial charge < -0.3 is 5.11 Å². The van der Waals surface area contributed by atoms with Crippen molar-refractivity contribution in [3.8, 4) is 0 Å². The molecule has 0 rings (SSSR count). The van der Waals surface area contributed by atoms with Crippen LogP contribution in [0.25, 0.3) is 0 Å². The molecule has 0 aromatic rings. The van der Waals surface area contributed by atoms with Crippen LogP contribution in [0.5, 0.6) is 0 Å². The van der Waals surface area contributed by atoms with E-state index in [0.29, 0.717) is 18.3 Å². The Labute approximate surface area is 99.6 Å². The summed E-state index contributed by atoms with van der Waals surface area (Å²) in [5, 5.41) is 12.7. The van der Waals surface area contributed by atoms with Crippen molar-refractivity contribution in [1.29, 1.82) is 0 Å². The second-order valence-electron chi connectivity index (χ2n) is 5.64. The fraction of sp³-hybridized carbons (Fsp3) is 0.923. The highest BCUT2D eigenvalue weighted by molar-refractivity contribution is 5.78. The number of aliphatic carboxylic acids is 1. The zero-order chi connectivity index (χ0) is 12.9. The summed E-state index contributed by atoms with van der Waals surface area (Å²) in [6, 6.07) is 0.264. The maximum Gasteiger partial charge on any atom is 0.323 e. The summed E-state index contributed by atoms with van der Waals surface area (Å²) in [4.78, 5) is 11.4. The lowest BCUT2D eigenvalue weighted by Crippen LogP contribution is -2.55. The van der Waals surface area contributed by atoms with Crippen LogP contribution in [0.2, 0.25) is 0 Å². The molecule has 0 heterocycles. The molecule has 0 fully saturated rings. The van der Waals surface area contributed by atoms with E-state index in [-0.39, 0.29) is 6.04 Å². The molecule has 3 nitrogen and oxygen atoms in total. The molecule has 0 aliphatic carbocycles. The number of carbonyl (C=O) groups is 1. The molecule has 3 heteroatoms. The third kappa shape index (κ3) is 4.52. The average Bonchev–Trinajstić information content (AvgIpc) is 2.12. The zero-order valence-electron chi connectivity index (χ0n) is 11.5. The van der Waals surface area contributed by atoms with Crippen molar-refractivity contribution < 1.29 is 9.90 Å². The summed E-state index contributed by atoms with van der Waals surface area (Å²) in [6.45, 7) is 12.2. The first-order valence-electron chi connectivity index (χ1n) is 6.24. The quantitative estimate of drug-likeness (QED) is 0.705. The molecule has 0 radical (unpaired) electrons. The third-order valence-corrected chi connectivity index (χ3v) is 3.04. The molecule has 0 bridgehead atoms. The summed E-state index contributed by atoms with van der Waals surface area (Å²) in [6.07, 6.45) is 1.62. The Kier molecular flexibility index (Phi) is 6.01. The van der Waals surface area contributed by atoms with Gasteiger partial charge in [-0.1, -0.05) is 34.6 Å². The molecule has 0 aliphatic heterocycles. The highest BCUT2D eigenvalue weighted by atomic mass is 16.4. The Morgan fingerprint density at radius 1 is 1.31 bits per heavy atom. The molecule has 0 spiro atoms. The second kappa shape index (κ2) is 6.24. The molecule has 0 aliphatic rings. The van der Waals surface area contributed by atoms with Crippen molar-refractivity contribution in [3.05, 3.63) is 0 Å². The predicted octanol–water partition coefficient (Wildman–Crippen LogP) is 2.90. The van der Waals surface area contributed by atoms with Crippen molar-refractivity contribution in [2.24, 2.45) is 11.8 Å². The minimum atomic E-state index is -0.806. The number of hydrogen-bond donors (Lipinski definition) is 2. The molecule has 0 amide bonds. The van der Waals surface area contributed by atoms with Gasteiger partial charge >= 0.3 is 5.97 Å². The van der Waals surface area contributed by atoms with Gasteiger partial charge in [-0.25, -0.2) is 0 Å². The fourth-order valence-corrected chi connectivity index (χ4v) is 2.17. The number of rotatable bonds is 7. The van der Waals surface area contributed by atoms with Crippen molar-refractivity contribution in [2.75, 3.05) is 0 Å². The highest BCUT2D eigenvalue weighted by Crippen LogP contribution is 2.20. The van der Waals surface area contributed by atoms with Crippen LogP contribution < -0.4 is 5.32 Å². The maximum atomic E-state index is 11.4. The van der Waals surface area contributed by atoms with Gasteiger partial charge in [-0.15, -0.1) is 0 Å². The Hall–Kier alpha value is -0.570. The van der Waals surface area contributed by atoms with Crippen molar-refractivity contribution in [1.82, 2.24) is 5.32 Å². The lowest BCUT2D eigenvalue weighted by atomic mass is 9.88. The van der Waals surface area contributed by atoms with Crippen LogP contribution in [0.1, 0.15) is 54.4 Å². The van der Waals surface area contributed by atoms with Crippen molar-refractivity contribution >= 4 is 5.97 Å².